The summed E-state index contributed by atoms with van der Waals surface area (Å²) in [5, 5.41) is 23.3. The van der Waals surface area contributed by atoms with E-state index in [-0.39, 0.29) is 18.5 Å². The number of aliphatic hydroxyl groups excluding tert-OH is 2. The van der Waals surface area contributed by atoms with Crippen molar-refractivity contribution in [3.63, 3.8) is 0 Å². The van der Waals surface area contributed by atoms with Crippen molar-refractivity contribution in [2.75, 3.05) is 13.2 Å². The van der Waals surface area contributed by atoms with Gasteiger partial charge in [0.15, 0.2) is 0 Å². The number of carbonyl (C=O) groups excluding carboxylic acids is 2. The fraction of sp³-hybridized carbons (Fsp3) is 0.921. The van der Waals surface area contributed by atoms with Crippen LogP contribution in [-0.4, -0.2) is 47.4 Å². The van der Waals surface area contributed by atoms with E-state index < -0.39 is 12.1 Å². The number of esters is 1. The van der Waals surface area contributed by atoms with E-state index in [4.69, 9.17) is 4.74 Å². The summed E-state index contributed by atoms with van der Waals surface area (Å²) in [6.07, 6.45) is 91.3. The summed E-state index contributed by atoms with van der Waals surface area (Å²) in [6.45, 7) is 4.95. The highest BCUT2D eigenvalue weighted by molar-refractivity contribution is 5.76. The number of hydrogen-bond acceptors (Lipinski definition) is 5. The Morgan fingerprint density at radius 1 is 0.329 bits per heavy atom. The largest absolute Gasteiger partial charge is 0.466 e. The van der Waals surface area contributed by atoms with Crippen LogP contribution in [0.1, 0.15) is 425 Å². The minimum Gasteiger partial charge on any atom is -0.466 e. The maximum absolute atomic E-state index is 12.5. The van der Waals surface area contributed by atoms with Crippen molar-refractivity contribution in [3.05, 3.63) is 24.3 Å². The van der Waals surface area contributed by atoms with Crippen molar-refractivity contribution in [3.8, 4) is 0 Å². The van der Waals surface area contributed by atoms with Crippen LogP contribution >= 0.6 is 0 Å². The van der Waals surface area contributed by atoms with Gasteiger partial charge in [-0.05, 0) is 57.8 Å². The van der Waals surface area contributed by atoms with Gasteiger partial charge in [0.2, 0.25) is 5.91 Å². The summed E-state index contributed by atoms with van der Waals surface area (Å²) in [5.74, 6) is -0.0533. The number of hydrogen-bond donors (Lipinski definition) is 3. The Bertz CT molecular complexity index is 1280. The normalized spacial score (nSPS) is 12.6. The molecule has 2 unspecified atom stereocenters. The van der Waals surface area contributed by atoms with E-state index >= 15 is 0 Å². The van der Waals surface area contributed by atoms with Gasteiger partial charge < -0.3 is 20.3 Å². The molecule has 0 saturated heterocycles. The third kappa shape index (κ3) is 67.5. The van der Waals surface area contributed by atoms with E-state index in [1.807, 2.05) is 6.08 Å². The predicted octanol–water partition coefficient (Wildman–Crippen LogP) is 24.5. The maximum Gasteiger partial charge on any atom is 0.305 e. The van der Waals surface area contributed by atoms with Gasteiger partial charge in [0.25, 0.3) is 0 Å². The average molecular weight is 1160 g/mol. The fourth-order valence-corrected chi connectivity index (χ4v) is 12.0. The van der Waals surface area contributed by atoms with Crippen LogP contribution in [-0.2, 0) is 14.3 Å². The summed E-state index contributed by atoms with van der Waals surface area (Å²) >= 11 is 0. The number of unbranched alkanes of at least 4 members (excludes halogenated alkanes) is 58. The van der Waals surface area contributed by atoms with E-state index in [9.17, 15) is 19.8 Å². The molecule has 1 amide bonds. The van der Waals surface area contributed by atoms with Crippen molar-refractivity contribution >= 4 is 11.9 Å². The number of aliphatic hydroxyl groups is 2. The zero-order chi connectivity index (χ0) is 59.2. The zero-order valence-electron chi connectivity index (χ0n) is 55.8. The minimum atomic E-state index is -0.850. The second kappa shape index (κ2) is 71.8. The van der Waals surface area contributed by atoms with E-state index in [0.29, 0.717) is 19.4 Å². The number of rotatable bonds is 71. The first-order chi connectivity index (χ1) is 40.5. The Hall–Kier alpha value is -1.66. The molecule has 0 saturated carbocycles. The Labute approximate surface area is 513 Å². The van der Waals surface area contributed by atoms with Gasteiger partial charge in [0.05, 0.1) is 25.4 Å². The van der Waals surface area contributed by atoms with Crippen LogP contribution in [0.15, 0.2) is 24.3 Å². The monoisotopic (exact) mass is 1150 g/mol. The van der Waals surface area contributed by atoms with Crippen LogP contribution in [0.3, 0.4) is 0 Å². The van der Waals surface area contributed by atoms with Gasteiger partial charge >= 0.3 is 5.97 Å². The molecule has 0 aliphatic carbocycles. The molecular weight excluding hydrogens is 1010 g/mol. The van der Waals surface area contributed by atoms with E-state index in [0.717, 1.165) is 44.9 Å². The molecule has 0 heterocycles. The lowest BCUT2D eigenvalue weighted by Crippen LogP contribution is -2.45. The molecule has 0 bridgehead atoms. The van der Waals surface area contributed by atoms with Crippen LogP contribution < -0.4 is 5.32 Å². The van der Waals surface area contributed by atoms with Crippen molar-refractivity contribution in [2.45, 2.75) is 437 Å². The quantitative estimate of drug-likeness (QED) is 0.0320. The standard InChI is InChI=1S/C76H147NO5/c1-3-5-7-9-11-13-15-17-19-21-22-23-24-25-27-30-33-37-40-44-48-52-56-60-64-68-74(79)73(72-78)77-75(80)69-65-61-57-53-49-45-41-38-34-31-28-26-29-32-35-39-43-47-51-55-59-63-67-71-82-76(81)70-66-62-58-54-50-46-42-36-20-18-16-14-12-10-8-6-4-2/h31,34,64,68,73-74,78-79H,3-30,32-33,35-63,65-67,69-72H2,1-2H3,(H,77,80)/b34-31-,68-64+. The zero-order valence-corrected chi connectivity index (χ0v) is 55.8. The molecule has 6 heteroatoms. The van der Waals surface area contributed by atoms with Gasteiger partial charge in [-0.25, -0.2) is 0 Å². The molecule has 0 aromatic heterocycles. The molecule has 0 aromatic carbocycles. The molecule has 486 valence electrons. The molecule has 0 spiro atoms. The summed E-state index contributed by atoms with van der Waals surface area (Å²) < 4.78 is 5.51. The summed E-state index contributed by atoms with van der Waals surface area (Å²) in [7, 11) is 0. The third-order valence-corrected chi connectivity index (χ3v) is 17.7. The van der Waals surface area contributed by atoms with Gasteiger partial charge in [0, 0.05) is 12.8 Å². The van der Waals surface area contributed by atoms with Crippen molar-refractivity contribution in [2.24, 2.45) is 0 Å². The van der Waals surface area contributed by atoms with E-state index in [1.54, 1.807) is 6.08 Å². The maximum atomic E-state index is 12.5. The van der Waals surface area contributed by atoms with Crippen molar-refractivity contribution in [1.29, 1.82) is 0 Å². The number of allylic oxidation sites excluding steroid dienone is 3. The number of amides is 1. The molecule has 6 nitrogen and oxygen atoms in total. The molecular formula is C76H147NO5. The first kappa shape index (κ1) is 80.3. The molecule has 2 atom stereocenters. The summed E-state index contributed by atoms with van der Waals surface area (Å²) in [5.41, 5.74) is 0. The Balaban J connectivity index is 3.42. The average Bonchev–Trinajstić information content (AvgIpc) is 3.48. The van der Waals surface area contributed by atoms with Crippen LogP contribution in [0.4, 0.5) is 0 Å². The highest BCUT2D eigenvalue weighted by Crippen LogP contribution is 2.19. The molecule has 0 rings (SSSR count). The first-order valence-electron chi connectivity index (χ1n) is 37.6. The molecule has 0 aliphatic rings. The lowest BCUT2D eigenvalue weighted by Gasteiger charge is -2.20. The second-order valence-electron chi connectivity index (χ2n) is 26.0. The topological polar surface area (TPSA) is 95.9 Å². The van der Waals surface area contributed by atoms with Crippen molar-refractivity contribution in [1.82, 2.24) is 5.32 Å². The minimum absolute atomic E-state index is 0.0160. The van der Waals surface area contributed by atoms with Gasteiger partial charge in [-0.3, -0.25) is 9.59 Å². The first-order valence-corrected chi connectivity index (χ1v) is 37.6. The Morgan fingerprint density at radius 2 is 0.573 bits per heavy atom. The highest BCUT2D eigenvalue weighted by Gasteiger charge is 2.18. The third-order valence-electron chi connectivity index (χ3n) is 17.7. The lowest BCUT2D eigenvalue weighted by atomic mass is 10.0. The molecule has 0 aliphatic heterocycles. The number of nitrogens with one attached hydrogen (secondary N) is 1. The summed E-state index contributed by atoms with van der Waals surface area (Å²) in [6, 6.07) is -0.634. The molecule has 0 aromatic rings. The Kier molecular flexibility index (Phi) is 70.4. The molecule has 0 fully saturated rings. The van der Waals surface area contributed by atoms with Gasteiger partial charge in [-0.15, -0.1) is 0 Å². The van der Waals surface area contributed by atoms with Crippen molar-refractivity contribution < 1.29 is 24.5 Å². The number of carbonyl (C=O) groups is 2. The second-order valence-corrected chi connectivity index (χ2v) is 26.0. The van der Waals surface area contributed by atoms with E-state index in [2.05, 4.69) is 31.3 Å². The van der Waals surface area contributed by atoms with Crippen LogP contribution in [0.5, 0.6) is 0 Å². The number of ether oxygens (including phenoxy) is 1. The highest BCUT2D eigenvalue weighted by atomic mass is 16.5. The molecule has 0 radical (unpaired) electrons. The smallest absolute Gasteiger partial charge is 0.305 e. The Morgan fingerprint density at radius 3 is 0.866 bits per heavy atom. The SMILES string of the molecule is CCCCCCCCCCCCCCCCCCCCCCCCC/C=C/C(O)C(CO)NC(=O)CCCCCCCCC/C=C\CCCCCCCCCCCCCCOC(=O)CCCCCCCCCCCCCCCCCCC. The van der Waals surface area contributed by atoms with Crippen LogP contribution in [0.2, 0.25) is 0 Å². The summed E-state index contributed by atoms with van der Waals surface area (Å²) in [4.78, 5) is 24.7. The van der Waals surface area contributed by atoms with Crippen LogP contribution in [0, 0.1) is 0 Å². The van der Waals surface area contributed by atoms with Gasteiger partial charge in [-0.2, -0.15) is 0 Å². The van der Waals surface area contributed by atoms with Gasteiger partial charge in [0.1, 0.15) is 0 Å². The van der Waals surface area contributed by atoms with Crippen LogP contribution in [0.25, 0.3) is 0 Å². The predicted molar refractivity (Wildman–Crippen MR) is 361 cm³/mol. The van der Waals surface area contributed by atoms with Gasteiger partial charge in [-0.1, -0.05) is 378 Å². The van der Waals surface area contributed by atoms with E-state index in [1.165, 1.54) is 353 Å². The lowest BCUT2D eigenvalue weighted by molar-refractivity contribution is -0.143. The fourth-order valence-electron chi connectivity index (χ4n) is 12.0. The molecule has 82 heavy (non-hydrogen) atoms. The molecule has 3 N–H and O–H groups in total.